The summed E-state index contributed by atoms with van der Waals surface area (Å²) in [6.45, 7) is 3.71. The van der Waals surface area contributed by atoms with Crippen molar-refractivity contribution in [3.63, 3.8) is 0 Å². The predicted molar refractivity (Wildman–Crippen MR) is 41.5 cm³/mol. The van der Waals surface area contributed by atoms with Gasteiger partial charge in [-0.2, -0.15) is 0 Å². The first-order chi connectivity index (χ1) is 3.50. The summed E-state index contributed by atoms with van der Waals surface area (Å²) in [5.74, 6) is 0. The molecular formula is C5H8Br2O. The van der Waals surface area contributed by atoms with E-state index in [0.717, 1.165) is 6.29 Å². The summed E-state index contributed by atoms with van der Waals surface area (Å²) < 4.78 is 0.0694. The molecule has 0 rings (SSSR count). The largest absolute Gasteiger partial charge is 0.303 e. The molecule has 0 aliphatic rings. The molecule has 0 radical (unpaired) electrons. The van der Waals surface area contributed by atoms with Crippen LogP contribution in [0.4, 0.5) is 0 Å². The normalized spacial score (nSPS) is 12.1. The van der Waals surface area contributed by atoms with Crippen LogP contribution in [-0.4, -0.2) is 10.0 Å². The maximum Gasteiger partial charge on any atom is 0.127 e. The molecule has 0 fully saturated rings. The summed E-state index contributed by atoms with van der Waals surface area (Å²) in [7, 11) is 0. The van der Waals surface area contributed by atoms with Crippen molar-refractivity contribution in [1.82, 2.24) is 0 Å². The van der Waals surface area contributed by atoms with E-state index in [2.05, 4.69) is 31.9 Å². The summed E-state index contributed by atoms with van der Waals surface area (Å²) in [5, 5.41) is 0. The quantitative estimate of drug-likeness (QED) is 0.538. The predicted octanol–water partition coefficient (Wildman–Crippen LogP) is 2.33. The minimum absolute atomic E-state index is 0.0694. The number of carbonyl (C=O) groups is 1. The van der Waals surface area contributed by atoms with Crippen molar-refractivity contribution in [2.75, 3.05) is 0 Å². The first-order valence-corrected chi connectivity index (χ1v) is 4.08. The lowest BCUT2D eigenvalue weighted by Gasteiger charge is -2.17. The van der Waals surface area contributed by atoms with E-state index in [1.165, 1.54) is 0 Å². The van der Waals surface area contributed by atoms with Crippen LogP contribution in [0.1, 0.15) is 13.8 Å². The molecule has 0 amide bonds. The monoisotopic (exact) mass is 242 g/mol. The van der Waals surface area contributed by atoms with E-state index in [-0.39, 0.29) is 9.15 Å². The Bertz CT molecular complexity index is 88.4. The molecule has 0 saturated heterocycles. The second-order valence-electron chi connectivity index (χ2n) is 2.24. The first-order valence-electron chi connectivity index (χ1n) is 2.25. The van der Waals surface area contributed by atoms with Gasteiger partial charge in [0, 0.05) is 5.41 Å². The molecule has 0 atom stereocenters. The molecule has 0 spiro atoms. The highest BCUT2D eigenvalue weighted by Gasteiger charge is 2.23. The van der Waals surface area contributed by atoms with Crippen molar-refractivity contribution >= 4 is 38.1 Å². The van der Waals surface area contributed by atoms with Crippen LogP contribution in [-0.2, 0) is 4.79 Å². The van der Waals surface area contributed by atoms with Gasteiger partial charge in [0.25, 0.3) is 0 Å². The molecule has 0 N–H and O–H groups in total. The van der Waals surface area contributed by atoms with Gasteiger partial charge in [-0.3, -0.25) is 0 Å². The lowest BCUT2D eigenvalue weighted by atomic mass is 10.00. The van der Waals surface area contributed by atoms with Gasteiger partial charge in [-0.15, -0.1) is 0 Å². The molecule has 8 heavy (non-hydrogen) atoms. The summed E-state index contributed by atoms with van der Waals surface area (Å²) >= 11 is 6.48. The van der Waals surface area contributed by atoms with Gasteiger partial charge in [0.05, 0.1) is 3.74 Å². The fraction of sp³-hybridized carbons (Fsp3) is 0.800. The number of aldehydes is 1. The van der Waals surface area contributed by atoms with Crippen LogP contribution in [0.2, 0.25) is 0 Å². The average Bonchev–Trinajstić information content (AvgIpc) is 1.67. The van der Waals surface area contributed by atoms with E-state index < -0.39 is 0 Å². The van der Waals surface area contributed by atoms with Crippen LogP contribution in [0.15, 0.2) is 0 Å². The maximum atomic E-state index is 10.2. The molecule has 0 saturated carbocycles. The molecule has 0 aliphatic carbocycles. The standard InChI is InChI=1S/C5H8Br2O/c1-5(2,3-8)4(6)7/h3-4H,1-2H3. The topological polar surface area (TPSA) is 17.1 Å². The van der Waals surface area contributed by atoms with Gasteiger partial charge in [0.2, 0.25) is 0 Å². The zero-order valence-corrected chi connectivity index (χ0v) is 7.99. The Morgan fingerprint density at radius 3 is 1.88 bits per heavy atom. The number of hydrogen-bond donors (Lipinski definition) is 0. The maximum absolute atomic E-state index is 10.2. The van der Waals surface area contributed by atoms with Crippen molar-refractivity contribution in [1.29, 1.82) is 0 Å². The molecule has 1 nitrogen and oxygen atoms in total. The van der Waals surface area contributed by atoms with E-state index in [0.29, 0.717) is 0 Å². The first kappa shape index (κ1) is 8.63. The molecule has 0 aromatic heterocycles. The average molecular weight is 244 g/mol. The number of rotatable bonds is 2. The summed E-state index contributed by atoms with van der Waals surface area (Å²) in [5.41, 5.74) is -0.306. The van der Waals surface area contributed by atoms with Crippen LogP contribution in [0.25, 0.3) is 0 Å². The van der Waals surface area contributed by atoms with Gasteiger partial charge in [0.1, 0.15) is 6.29 Å². The SMILES string of the molecule is CC(C)(C=O)C(Br)Br. The molecule has 48 valence electrons. The Labute approximate surface area is 66.1 Å². The third-order valence-electron chi connectivity index (χ3n) is 0.866. The van der Waals surface area contributed by atoms with Crippen molar-refractivity contribution in [2.24, 2.45) is 5.41 Å². The summed E-state index contributed by atoms with van der Waals surface area (Å²) in [6.07, 6.45) is 0.918. The number of halogens is 2. The van der Waals surface area contributed by atoms with E-state index >= 15 is 0 Å². The third-order valence-corrected chi connectivity index (χ3v) is 3.23. The molecule has 0 aromatic rings. The van der Waals surface area contributed by atoms with Gasteiger partial charge in [0.15, 0.2) is 0 Å². The molecular weight excluding hydrogens is 236 g/mol. The van der Waals surface area contributed by atoms with Crippen LogP contribution in [0.5, 0.6) is 0 Å². The van der Waals surface area contributed by atoms with E-state index in [1.54, 1.807) is 0 Å². The summed E-state index contributed by atoms with van der Waals surface area (Å²) in [6, 6.07) is 0. The number of carbonyl (C=O) groups excluding carboxylic acids is 1. The third kappa shape index (κ3) is 2.27. The van der Waals surface area contributed by atoms with Gasteiger partial charge < -0.3 is 4.79 Å². The van der Waals surface area contributed by atoms with Crippen LogP contribution >= 0.6 is 31.9 Å². The minimum Gasteiger partial charge on any atom is -0.303 e. The highest BCUT2D eigenvalue weighted by Crippen LogP contribution is 2.28. The molecule has 0 heterocycles. The Balaban J connectivity index is 3.90. The molecule has 0 aromatic carbocycles. The smallest absolute Gasteiger partial charge is 0.127 e. The zero-order valence-electron chi connectivity index (χ0n) is 4.82. The van der Waals surface area contributed by atoms with Crippen molar-refractivity contribution < 1.29 is 4.79 Å². The van der Waals surface area contributed by atoms with Crippen molar-refractivity contribution in [2.45, 2.75) is 17.6 Å². The van der Waals surface area contributed by atoms with E-state index in [9.17, 15) is 4.79 Å². The number of hydrogen-bond acceptors (Lipinski definition) is 1. The Morgan fingerprint density at radius 2 is 1.88 bits per heavy atom. The molecule has 0 bridgehead atoms. The van der Waals surface area contributed by atoms with Crippen molar-refractivity contribution in [3.8, 4) is 0 Å². The van der Waals surface area contributed by atoms with Crippen LogP contribution in [0.3, 0.4) is 0 Å². The second-order valence-corrected chi connectivity index (χ2v) is 5.30. The highest BCUT2D eigenvalue weighted by atomic mass is 79.9. The van der Waals surface area contributed by atoms with Crippen molar-refractivity contribution in [3.05, 3.63) is 0 Å². The zero-order chi connectivity index (χ0) is 6.78. The Morgan fingerprint density at radius 1 is 1.50 bits per heavy atom. The molecule has 3 heteroatoms. The second kappa shape index (κ2) is 2.97. The lowest BCUT2D eigenvalue weighted by Crippen LogP contribution is -2.20. The molecule has 0 aliphatic heterocycles. The highest BCUT2D eigenvalue weighted by molar-refractivity contribution is 9.24. The number of alkyl halides is 2. The lowest BCUT2D eigenvalue weighted by molar-refractivity contribution is -0.113. The van der Waals surface area contributed by atoms with Gasteiger partial charge in [-0.1, -0.05) is 45.7 Å². The Kier molecular flexibility index (Phi) is 3.20. The van der Waals surface area contributed by atoms with Gasteiger partial charge in [-0.25, -0.2) is 0 Å². The van der Waals surface area contributed by atoms with E-state index in [4.69, 9.17) is 0 Å². The Hall–Kier alpha value is 0.630. The minimum atomic E-state index is -0.306. The molecule has 0 unspecified atom stereocenters. The fourth-order valence-electron chi connectivity index (χ4n) is 0.0514. The van der Waals surface area contributed by atoms with Gasteiger partial charge >= 0.3 is 0 Å². The van der Waals surface area contributed by atoms with Crippen LogP contribution < -0.4 is 0 Å². The van der Waals surface area contributed by atoms with E-state index in [1.807, 2.05) is 13.8 Å². The summed E-state index contributed by atoms with van der Waals surface area (Å²) in [4.78, 5) is 10.2. The van der Waals surface area contributed by atoms with Gasteiger partial charge in [-0.05, 0) is 0 Å². The van der Waals surface area contributed by atoms with Crippen LogP contribution in [0, 0.1) is 5.41 Å². The fourth-order valence-corrected chi connectivity index (χ4v) is 0.267.